The fourth-order valence-corrected chi connectivity index (χ4v) is 3.42. The second kappa shape index (κ2) is 5.62. The number of ether oxygens (including phenoxy) is 2. The molecule has 0 aromatic heterocycles. The lowest BCUT2D eigenvalue weighted by Gasteiger charge is -2.19. The summed E-state index contributed by atoms with van der Waals surface area (Å²) >= 11 is 3.83. The van der Waals surface area contributed by atoms with Crippen LogP contribution in [0.2, 0.25) is 0 Å². The van der Waals surface area contributed by atoms with Gasteiger partial charge in [-0.25, -0.2) is 0 Å². The van der Waals surface area contributed by atoms with Crippen LogP contribution in [0.15, 0.2) is 12.1 Å². The van der Waals surface area contributed by atoms with E-state index in [9.17, 15) is 0 Å². The molecule has 1 saturated heterocycles. The van der Waals surface area contributed by atoms with E-state index in [1.807, 2.05) is 0 Å². The maximum Gasteiger partial charge on any atom is 0.124 e. The molecule has 0 radical (unpaired) electrons. The van der Waals surface area contributed by atoms with Crippen molar-refractivity contribution in [2.24, 2.45) is 5.92 Å². The number of alkyl halides is 1. The Morgan fingerprint density at radius 3 is 2.39 bits per heavy atom. The highest BCUT2D eigenvalue weighted by atomic mass is 79.9. The normalized spacial score (nSPS) is 25.2. The average Bonchev–Trinajstić information content (AvgIpc) is 2.74. The fourth-order valence-electron chi connectivity index (χ4n) is 2.79. The Morgan fingerprint density at radius 2 is 1.94 bits per heavy atom. The molecule has 1 aliphatic rings. The van der Waals surface area contributed by atoms with E-state index in [-0.39, 0.29) is 0 Å². The molecule has 1 aliphatic heterocycles. The quantitative estimate of drug-likeness (QED) is 0.780. The molecule has 1 aromatic carbocycles. The van der Waals surface area contributed by atoms with Crippen molar-refractivity contribution in [2.75, 3.05) is 13.7 Å². The van der Waals surface area contributed by atoms with Gasteiger partial charge in [-0.1, -0.05) is 28.1 Å². The summed E-state index contributed by atoms with van der Waals surface area (Å²) in [7, 11) is 1.73. The minimum atomic E-state index is 0.366. The minimum Gasteiger partial charge on any atom is -0.496 e. The van der Waals surface area contributed by atoms with Gasteiger partial charge in [0.25, 0.3) is 0 Å². The van der Waals surface area contributed by atoms with E-state index in [1.54, 1.807) is 7.11 Å². The van der Waals surface area contributed by atoms with Crippen LogP contribution in [0.25, 0.3) is 0 Å². The molecule has 1 aromatic rings. The van der Waals surface area contributed by atoms with Gasteiger partial charge in [0, 0.05) is 10.7 Å². The van der Waals surface area contributed by atoms with Gasteiger partial charge in [-0.05, 0) is 43.9 Å². The molecule has 1 fully saturated rings. The van der Waals surface area contributed by atoms with Gasteiger partial charge in [-0.2, -0.15) is 0 Å². The van der Waals surface area contributed by atoms with Crippen LogP contribution < -0.4 is 4.74 Å². The molecule has 0 amide bonds. The molecule has 1 heterocycles. The molecule has 0 N–H and O–H groups in total. The lowest BCUT2D eigenvalue weighted by Crippen LogP contribution is -2.08. The largest absolute Gasteiger partial charge is 0.496 e. The molecule has 2 nitrogen and oxygen atoms in total. The smallest absolute Gasteiger partial charge is 0.124 e. The Hall–Kier alpha value is -0.540. The molecular formula is C15H21BrO2. The van der Waals surface area contributed by atoms with Crippen LogP contribution in [0.5, 0.6) is 5.75 Å². The van der Waals surface area contributed by atoms with Gasteiger partial charge in [-0.3, -0.25) is 0 Å². The first-order valence-electron chi connectivity index (χ1n) is 6.43. The van der Waals surface area contributed by atoms with Crippen molar-refractivity contribution in [3.63, 3.8) is 0 Å². The molecule has 18 heavy (non-hydrogen) atoms. The predicted molar refractivity (Wildman–Crippen MR) is 77.7 cm³/mol. The van der Waals surface area contributed by atoms with E-state index in [2.05, 4.69) is 48.8 Å². The van der Waals surface area contributed by atoms with Gasteiger partial charge < -0.3 is 9.47 Å². The Balaban J connectivity index is 2.23. The van der Waals surface area contributed by atoms with Gasteiger partial charge in [0.05, 0.1) is 19.8 Å². The molecule has 0 bridgehead atoms. The molecule has 0 aliphatic carbocycles. The zero-order chi connectivity index (χ0) is 13.3. The lowest BCUT2D eigenvalue weighted by atomic mass is 9.94. The van der Waals surface area contributed by atoms with Crippen LogP contribution in [0.1, 0.15) is 34.9 Å². The van der Waals surface area contributed by atoms with Gasteiger partial charge in [0.15, 0.2) is 0 Å². The van der Waals surface area contributed by atoms with Gasteiger partial charge in [0.1, 0.15) is 5.75 Å². The van der Waals surface area contributed by atoms with Crippen molar-refractivity contribution in [3.05, 3.63) is 28.8 Å². The number of hydrogen-bond donors (Lipinski definition) is 0. The highest BCUT2D eigenvalue weighted by Crippen LogP contribution is 2.40. The fraction of sp³-hybridized carbons (Fsp3) is 0.600. The zero-order valence-corrected chi connectivity index (χ0v) is 13.1. The minimum absolute atomic E-state index is 0.366. The lowest BCUT2D eigenvalue weighted by molar-refractivity contribution is 0.120. The highest BCUT2D eigenvalue weighted by molar-refractivity contribution is 9.09. The number of methoxy groups -OCH3 is 1. The summed E-state index contributed by atoms with van der Waals surface area (Å²) in [6, 6.07) is 4.43. The van der Waals surface area contributed by atoms with E-state index < -0.39 is 0 Å². The van der Waals surface area contributed by atoms with Gasteiger partial charge in [0.2, 0.25) is 0 Å². The van der Waals surface area contributed by atoms with E-state index in [0.717, 1.165) is 18.8 Å². The molecule has 3 atom stereocenters. The van der Waals surface area contributed by atoms with E-state index in [4.69, 9.17) is 9.47 Å². The van der Waals surface area contributed by atoms with Crippen molar-refractivity contribution in [1.82, 2.24) is 0 Å². The zero-order valence-electron chi connectivity index (χ0n) is 11.5. The van der Waals surface area contributed by atoms with Crippen molar-refractivity contribution in [1.29, 1.82) is 0 Å². The summed E-state index contributed by atoms with van der Waals surface area (Å²) in [4.78, 5) is 0.366. The molecule has 2 rings (SSSR count). The second-order valence-corrected chi connectivity index (χ2v) is 6.22. The maximum atomic E-state index is 5.66. The van der Waals surface area contributed by atoms with Crippen LogP contribution in [-0.2, 0) is 4.74 Å². The molecule has 3 unspecified atom stereocenters. The maximum absolute atomic E-state index is 5.66. The molecular weight excluding hydrogens is 292 g/mol. The molecule has 100 valence electrons. The third-order valence-electron chi connectivity index (χ3n) is 3.65. The Morgan fingerprint density at radius 1 is 1.33 bits per heavy atom. The van der Waals surface area contributed by atoms with Crippen LogP contribution in [0, 0.1) is 19.8 Å². The number of halogens is 1. The summed E-state index contributed by atoms with van der Waals surface area (Å²) in [5, 5.41) is 0. The Labute approximate surface area is 118 Å². The van der Waals surface area contributed by atoms with Crippen LogP contribution in [0.3, 0.4) is 0 Å². The average molecular weight is 313 g/mol. The van der Waals surface area contributed by atoms with Crippen molar-refractivity contribution < 1.29 is 9.47 Å². The topological polar surface area (TPSA) is 18.5 Å². The van der Waals surface area contributed by atoms with E-state index in [0.29, 0.717) is 16.8 Å². The van der Waals surface area contributed by atoms with Gasteiger partial charge in [-0.15, -0.1) is 0 Å². The third-order valence-corrected chi connectivity index (χ3v) is 4.92. The predicted octanol–water partition coefficient (Wildman–Crippen LogP) is 4.17. The first-order chi connectivity index (χ1) is 8.52. The molecule has 0 saturated carbocycles. The summed E-state index contributed by atoms with van der Waals surface area (Å²) in [5.74, 6) is 1.56. The number of aryl methyl sites for hydroxylation is 2. The highest BCUT2D eigenvalue weighted by Gasteiger charge is 2.29. The van der Waals surface area contributed by atoms with Crippen molar-refractivity contribution in [3.8, 4) is 5.75 Å². The van der Waals surface area contributed by atoms with Crippen molar-refractivity contribution >= 4 is 15.9 Å². The summed E-state index contributed by atoms with van der Waals surface area (Å²) in [6.07, 6.45) is 1.51. The Kier molecular flexibility index (Phi) is 4.33. The Bertz CT molecular complexity index is 407. The number of benzene rings is 1. The van der Waals surface area contributed by atoms with Crippen LogP contribution >= 0.6 is 15.9 Å². The van der Waals surface area contributed by atoms with Crippen molar-refractivity contribution in [2.45, 2.75) is 38.1 Å². The van der Waals surface area contributed by atoms with E-state index >= 15 is 0 Å². The first-order valence-corrected chi connectivity index (χ1v) is 7.35. The third kappa shape index (κ3) is 2.72. The molecule has 0 spiro atoms. The summed E-state index contributed by atoms with van der Waals surface area (Å²) in [5.41, 5.74) is 3.72. The van der Waals surface area contributed by atoms with E-state index in [1.165, 1.54) is 16.7 Å². The summed E-state index contributed by atoms with van der Waals surface area (Å²) in [6.45, 7) is 7.19. The standard InChI is InChI=1S/C15H21BrO2/c1-9-5-12(6-10(2)15(9)17-4)14(16)13-7-11(3)18-8-13/h5-6,11,13-14H,7-8H2,1-4H3. The second-order valence-electron chi connectivity index (χ2n) is 5.23. The van der Waals surface area contributed by atoms with Gasteiger partial charge >= 0.3 is 0 Å². The number of hydrogen-bond acceptors (Lipinski definition) is 2. The monoisotopic (exact) mass is 312 g/mol. The summed E-state index contributed by atoms with van der Waals surface area (Å²) < 4.78 is 11.1. The SMILES string of the molecule is COc1c(C)cc(C(Br)C2COC(C)C2)cc1C. The first kappa shape index (κ1) is 13.9. The molecule has 3 heteroatoms. The van der Waals surface area contributed by atoms with Crippen LogP contribution in [0.4, 0.5) is 0 Å². The van der Waals surface area contributed by atoms with Crippen LogP contribution in [-0.4, -0.2) is 19.8 Å². The number of rotatable bonds is 3.